The molecule has 1 aromatic heterocycles. The summed E-state index contributed by atoms with van der Waals surface area (Å²) in [4.78, 5) is 12.7. The lowest BCUT2D eigenvalue weighted by atomic mass is 9.92. The molecule has 3 aromatic rings. The van der Waals surface area contributed by atoms with Crippen molar-refractivity contribution in [3.05, 3.63) is 82.2 Å². The van der Waals surface area contributed by atoms with E-state index in [1.807, 2.05) is 71.9 Å². The monoisotopic (exact) mass is 417 g/mol. The Bertz CT molecular complexity index is 1070. The molecule has 0 saturated carbocycles. The maximum atomic E-state index is 12.7. The summed E-state index contributed by atoms with van der Waals surface area (Å²) in [6, 6.07) is 15.4. The van der Waals surface area contributed by atoms with Crippen LogP contribution in [0.5, 0.6) is 5.75 Å². The molecule has 0 radical (unpaired) electrons. The van der Waals surface area contributed by atoms with Crippen LogP contribution in [0.25, 0.3) is 5.69 Å². The number of hydrogen-bond donors (Lipinski definition) is 2. The zero-order valence-corrected chi connectivity index (χ0v) is 19.1. The predicted molar refractivity (Wildman–Crippen MR) is 127 cm³/mol. The van der Waals surface area contributed by atoms with Crippen LogP contribution in [0.3, 0.4) is 0 Å². The molecule has 0 unspecified atom stereocenters. The largest absolute Gasteiger partial charge is 0.507 e. The SMILES string of the molecule is Cc1ccc(C)n1-c1cccc(C(=O)N/N=C\c2cc(C(C)C)c(O)c(C(C)C)c2)c1. The van der Waals surface area contributed by atoms with E-state index in [2.05, 4.69) is 27.2 Å². The molecule has 5 nitrogen and oxygen atoms in total. The number of phenols is 1. The number of nitrogens with one attached hydrogen (secondary N) is 1. The van der Waals surface area contributed by atoms with Gasteiger partial charge in [0.1, 0.15) is 5.75 Å². The summed E-state index contributed by atoms with van der Waals surface area (Å²) in [6.07, 6.45) is 1.62. The Balaban J connectivity index is 1.81. The normalized spacial score (nSPS) is 11.6. The van der Waals surface area contributed by atoms with Crippen molar-refractivity contribution in [1.29, 1.82) is 0 Å². The molecular weight excluding hydrogens is 386 g/mol. The molecule has 31 heavy (non-hydrogen) atoms. The van der Waals surface area contributed by atoms with Crippen molar-refractivity contribution in [1.82, 2.24) is 9.99 Å². The van der Waals surface area contributed by atoms with Gasteiger partial charge in [-0.2, -0.15) is 5.10 Å². The lowest BCUT2D eigenvalue weighted by Gasteiger charge is -2.16. The number of hydrazone groups is 1. The van der Waals surface area contributed by atoms with Crippen LogP contribution in [0.4, 0.5) is 0 Å². The van der Waals surface area contributed by atoms with Gasteiger partial charge in [0.25, 0.3) is 5.91 Å². The summed E-state index contributed by atoms with van der Waals surface area (Å²) < 4.78 is 2.11. The van der Waals surface area contributed by atoms with Crippen LogP contribution in [0, 0.1) is 13.8 Å². The zero-order valence-electron chi connectivity index (χ0n) is 19.1. The first kappa shape index (κ1) is 22.3. The molecule has 0 aliphatic carbocycles. The third-order valence-electron chi connectivity index (χ3n) is 5.45. The Morgan fingerprint density at radius 3 is 2.10 bits per heavy atom. The van der Waals surface area contributed by atoms with E-state index in [1.165, 1.54) is 0 Å². The molecule has 0 aliphatic heterocycles. The molecule has 1 amide bonds. The van der Waals surface area contributed by atoms with Crippen molar-refractivity contribution in [2.75, 3.05) is 0 Å². The molecule has 2 N–H and O–H groups in total. The van der Waals surface area contributed by atoms with E-state index in [9.17, 15) is 9.90 Å². The van der Waals surface area contributed by atoms with Gasteiger partial charge in [0.15, 0.2) is 0 Å². The number of aryl methyl sites for hydroxylation is 2. The van der Waals surface area contributed by atoms with Crippen LogP contribution in [-0.2, 0) is 0 Å². The molecule has 0 saturated heterocycles. The third-order valence-corrected chi connectivity index (χ3v) is 5.45. The van der Waals surface area contributed by atoms with Gasteiger partial charge in [-0.3, -0.25) is 4.79 Å². The van der Waals surface area contributed by atoms with Crippen molar-refractivity contribution in [3.63, 3.8) is 0 Å². The highest BCUT2D eigenvalue weighted by Gasteiger charge is 2.15. The van der Waals surface area contributed by atoms with Crippen LogP contribution in [-0.4, -0.2) is 21.8 Å². The number of rotatable bonds is 6. The van der Waals surface area contributed by atoms with Crippen LogP contribution < -0.4 is 5.43 Å². The lowest BCUT2D eigenvalue weighted by molar-refractivity contribution is 0.0955. The Morgan fingerprint density at radius 1 is 0.968 bits per heavy atom. The highest BCUT2D eigenvalue weighted by atomic mass is 16.3. The Morgan fingerprint density at radius 2 is 1.55 bits per heavy atom. The summed E-state index contributed by atoms with van der Waals surface area (Å²) in [6.45, 7) is 12.3. The molecule has 0 aliphatic rings. The quantitative estimate of drug-likeness (QED) is 0.392. The summed E-state index contributed by atoms with van der Waals surface area (Å²) in [5, 5.41) is 14.7. The van der Waals surface area contributed by atoms with Crippen LogP contribution in [0.15, 0.2) is 53.6 Å². The van der Waals surface area contributed by atoms with Crippen LogP contribution in [0.1, 0.15) is 78.0 Å². The average molecular weight is 418 g/mol. The van der Waals surface area contributed by atoms with Gasteiger partial charge in [-0.15, -0.1) is 0 Å². The minimum Gasteiger partial charge on any atom is -0.507 e. The first-order valence-electron chi connectivity index (χ1n) is 10.6. The van der Waals surface area contributed by atoms with Crippen molar-refractivity contribution in [3.8, 4) is 11.4 Å². The summed E-state index contributed by atoms with van der Waals surface area (Å²) in [7, 11) is 0. The average Bonchev–Trinajstić information content (AvgIpc) is 3.06. The lowest BCUT2D eigenvalue weighted by Crippen LogP contribution is -2.18. The van der Waals surface area contributed by atoms with E-state index in [-0.39, 0.29) is 17.7 Å². The zero-order chi connectivity index (χ0) is 22.7. The van der Waals surface area contributed by atoms with Crippen LogP contribution >= 0.6 is 0 Å². The minimum absolute atomic E-state index is 0.184. The molecule has 1 heterocycles. The van der Waals surface area contributed by atoms with E-state index in [1.54, 1.807) is 12.3 Å². The smallest absolute Gasteiger partial charge is 0.271 e. The van der Waals surface area contributed by atoms with Crippen LogP contribution in [0.2, 0.25) is 0 Å². The van der Waals surface area contributed by atoms with E-state index >= 15 is 0 Å². The number of hydrogen-bond acceptors (Lipinski definition) is 3. The number of nitrogens with zero attached hydrogens (tertiary/aromatic N) is 2. The van der Waals surface area contributed by atoms with Gasteiger partial charge < -0.3 is 9.67 Å². The number of amides is 1. The number of benzene rings is 2. The molecule has 5 heteroatoms. The second-order valence-electron chi connectivity index (χ2n) is 8.56. The number of carbonyl (C=O) groups excluding carboxylic acids is 1. The highest BCUT2D eigenvalue weighted by molar-refractivity contribution is 5.95. The molecule has 2 aromatic carbocycles. The molecular formula is C26H31N3O2. The van der Waals surface area contributed by atoms with Gasteiger partial charge >= 0.3 is 0 Å². The molecule has 0 spiro atoms. The van der Waals surface area contributed by atoms with E-state index < -0.39 is 0 Å². The second kappa shape index (κ2) is 9.21. The highest BCUT2D eigenvalue weighted by Crippen LogP contribution is 2.34. The molecule has 162 valence electrons. The summed E-state index contributed by atoms with van der Waals surface area (Å²) in [5.41, 5.74) is 8.93. The number of carbonyl (C=O) groups is 1. The number of phenolic OH excluding ortho intramolecular Hbond substituents is 1. The number of aromatic hydroxyl groups is 1. The van der Waals surface area contributed by atoms with Gasteiger partial charge in [0, 0.05) is 22.6 Å². The van der Waals surface area contributed by atoms with Gasteiger partial charge in [-0.05, 0) is 84.8 Å². The topological polar surface area (TPSA) is 66.6 Å². The van der Waals surface area contributed by atoms with Gasteiger partial charge in [0.2, 0.25) is 0 Å². The fraction of sp³-hybridized carbons (Fsp3) is 0.308. The van der Waals surface area contributed by atoms with Gasteiger partial charge in [-0.25, -0.2) is 5.43 Å². The van der Waals surface area contributed by atoms with Crippen molar-refractivity contribution in [2.45, 2.75) is 53.4 Å². The number of aromatic nitrogens is 1. The third kappa shape index (κ3) is 4.88. The second-order valence-corrected chi connectivity index (χ2v) is 8.56. The minimum atomic E-state index is -0.271. The summed E-state index contributed by atoms with van der Waals surface area (Å²) >= 11 is 0. The van der Waals surface area contributed by atoms with E-state index in [0.717, 1.165) is 33.8 Å². The molecule has 3 rings (SSSR count). The maximum Gasteiger partial charge on any atom is 0.271 e. The van der Waals surface area contributed by atoms with Crippen molar-refractivity contribution >= 4 is 12.1 Å². The predicted octanol–water partition coefficient (Wildman–Crippen LogP) is 5.81. The Labute approximate surface area is 184 Å². The van der Waals surface area contributed by atoms with Crippen molar-refractivity contribution < 1.29 is 9.90 Å². The standard InChI is InChI=1S/C26H31N3O2/c1-16(2)23-12-20(13-24(17(3)4)25(23)30)15-27-28-26(31)21-8-7-9-22(14-21)29-18(5)10-11-19(29)6/h7-17,30H,1-6H3,(H,28,31)/b27-15-. The maximum absolute atomic E-state index is 12.7. The molecule has 0 fully saturated rings. The molecule has 0 bridgehead atoms. The van der Waals surface area contributed by atoms with E-state index in [0.29, 0.717) is 11.3 Å². The molecule has 0 atom stereocenters. The first-order valence-corrected chi connectivity index (χ1v) is 10.6. The first-order chi connectivity index (χ1) is 14.7. The van der Waals surface area contributed by atoms with Crippen molar-refractivity contribution in [2.24, 2.45) is 5.10 Å². The van der Waals surface area contributed by atoms with Gasteiger partial charge in [0.05, 0.1) is 6.21 Å². The fourth-order valence-electron chi connectivity index (χ4n) is 3.75. The van der Waals surface area contributed by atoms with Gasteiger partial charge in [-0.1, -0.05) is 33.8 Å². The Kier molecular flexibility index (Phi) is 6.64. The summed E-state index contributed by atoms with van der Waals surface area (Å²) in [5.74, 6) is 0.443. The Hall–Kier alpha value is -3.34. The van der Waals surface area contributed by atoms with E-state index in [4.69, 9.17) is 0 Å². The fourth-order valence-corrected chi connectivity index (χ4v) is 3.75.